The lowest BCUT2D eigenvalue weighted by molar-refractivity contribution is 0.0944. The van der Waals surface area contributed by atoms with E-state index in [4.69, 9.17) is 10.3 Å². The lowest BCUT2D eigenvalue weighted by Gasteiger charge is -1.99. The zero-order valence-electron chi connectivity index (χ0n) is 11.1. The number of nitrogens with one attached hydrogen (secondary N) is 2. The smallest absolute Gasteiger partial charge is 0.287 e. The maximum Gasteiger partial charge on any atom is 0.287 e. The summed E-state index contributed by atoms with van der Waals surface area (Å²) in [7, 11) is 0. The van der Waals surface area contributed by atoms with Crippen molar-refractivity contribution in [1.82, 2.24) is 25.4 Å². The van der Waals surface area contributed by atoms with E-state index < -0.39 is 11.7 Å². The summed E-state index contributed by atoms with van der Waals surface area (Å²) in [6.45, 7) is 0.273. The summed E-state index contributed by atoms with van der Waals surface area (Å²) >= 11 is 3.07. The number of nitrogens with zero attached hydrogens (tertiary/aromatic N) is 3. The third-order valence-electron chi connectivity index (χ3n) is 2.85. The number of rotatable bonds is 4. The van der Waals surface area contributed by atoms with Crippen LogP contribution in [0.15, 0.2) is 21.1 Å². The Morgan fingerprint density at radius 1 is 1.45 bits per heavy atom. The largest absolute Gasteiger partial charge is 0.365 e. The van der Waals surface area contributed by atoms with Gasteiger partial charge in [-0.2, -0.15) is 4.98 Å². The standard InChI is InChI=1S/C12H10BrFN6O2/c13-5-3-7-8(4-6(5)14)18-10(17-7)11(21)16-2-1-9-19-12(15)20-22-9/h3-4H,1-2H2,(H2,15,20)(H,16,21)(H,17,18). The van der Waals surface area contributed by atoms with E-state index in [1.807, 2.05) is 0 Å². The number of H-pyrrole nitrogens is 1. The number of fused-ring (bicyclic) bond motifs is 1. The minimum atomic E-state index is -0.433. The number of nitrogen functional groups attached to an aromatic ring is 1. The molecule has 0 radical (unpaired) electrons. The molecule has 0 saturated carbocycles. The maximum atomic E-state index is 13.4. The van der Waals surface area contributed by atoms with Crippen molar-refractivity contribution in [2.24, 2.45) is 0 Å². The van der Waals surface area contributed by atoms with E-state index in [-0.39, 0.29) is 22.8 Å². The van der Waals surface area contributed by atoms with Crippen molar-refractivity contribution in [3.05, 3.63) is 34.1 Å². The third kappa shape index (κ3) is 2.91. The van der Waals surface area contributed by atoms with Crippen LogP contribution in [0, 0.1) is 5.82 Å². The van der Waals surface area contributed by atoms with Gasteiger partial charge in [-0.05, 0) is 27.2 Å². The molecule has 0 spiro atoms. The Bertz CT molecular complexity index is 806. The van der Waals surface area contributed by atoms with Crippen LogP contribution in [0.25, 0.3) is 11.0 Å². The monoisotopic (exact) mass is 368 g/mol. The van der Waals surface area contributed by atoms with E-state index in [9.17, 15) is 9.18 Å². The van der Waals surface area contributed by atoms with Gasteiger partial charge in [0.2, 0.25) is 5.89 Å². The summed E-state index contributed by atoms with van der Waals surface area (Å²) in [5.41, 5.74) is 6.25. The number of anilines is 1. The molecule has 0 aliphatic rings. The molecule has 0 atom stereocenters. The lowest BCUT2D eigenvalue weighted by atomic mass is 10.3. The van der Waals surface area contributed by atoms with Crippen molar-refractivity contribution in [3.63, 3.8) is 0 Å². The normalized spacial score (nSPS) is 11.0. The molecule has 2 aromatic heterocycles. The topological polar surface area (TPSA) is 123 Å². The number of aromatic amines is 1. The van der Waals surface area contributed by atoms with Crippen molar-refractivity contribution in [2.45, 2.75) is 6.42 Å². The van der Waals surface area contributed by atoms with Crippen molar-refractivity contribution < 1.29 is 13.7 Å². The maximum absolute atomic E-state index is 13.4. The number of aromatic nitrogens is 4. The predicted molar refractivity (Wildman–Crippen MR) is 78.5 cm³/mol. The Kier molecular flexibility index (Phi) is 3.75. The number of carbonyl (C=O) groups excluding carboxylic acids is 1. The number of benzene rings is 1. The van der Waals surface area contributed by atoms with Crippen LogP contribution in [0.4, 0.5) is 10.3 Å². The molecule has 0 aliphatic carbocycles. The molecule has 2 heterocycles. The Balaban J connectivity index is 1.67. The fourth-order valence-corrected chi connectivity index (χ4v) is 2.18. The highest BCUT2D eigenvalue weighted by Gasteiger charge is 2.13. The highest BCUT2D eigenvalue weighted by atomic mass is 79.9. The molecule has 4 N–H and O–H groups in total. The first kappa shape index (κ1) is 14.4. The number of halogens is 2. The molecular formula is C12H10BrFN6O2. The average molecular weight is 369 g/mol. The Hall–Kier alpha value is -2.49. The van der Waals surface area contributed by atoms with E-state index in [1.54, 1.807) is 0 Å². The van der Waals surface area contributed by atoms with E-state index in [0.717, 1.165) is 0 Å². The molecule has 114 valence electrons. The van der Waals surface area contributed by atoms with Gasteiger partial charge in [0.25, 0.3) is 11.9 Å². The van der Waals surface area contributed by atoms with Crippen LogP contribution in [-0.4, -0.2) is 32.6 Å². The minimum absolute atomic E-state index is 0.0474. The minimum Gasteiger partial charge on any atom is -0.365 e. The summed E-state index contributed by atoms with van der Waals surface area (Å²) in [5, 5.41) is 6.08. The van der Waals surface area contributed by atoms with Gasteiger partial charge in [0.1, 0.15) is 5.82 Å². The Morgan fingerprint density at radius 3 is 3.00 bits per heavy atom. The third-order valence-corrected chi connectivity index (χ3v) is 3.45. The first-order chi connectivity index (χ1) is 10.5. The summed E-state index contributed by atoms with van der Waals surface area (Å²) < 4.78 is 18.5. The van der Waals surface area contributed by atoms with E-state index in [1.165, 1.54) is 12.1 Å². The summed E-state index contributed by atoms with van der Waals surface area (Å²) in [5.74, 6) is -0.380. The number of hydrogen-bond acceptors (Lipinski definition) is 6. The van der Waals surface area contributed by atoms with Gasteiger partial charge in [-0.25, -0.2) is 9.37 Å². The molecule has 22 heavy (non-hydrogen) atoms. The second kappa shape index (κ2) is 5.72. The Labute approximate surface area is 131 Å². The number of hydrogen-bond donors (Lipinski definition) is 3. The van der Waals surface area contributed by atoms with Crippen LogP contribution in [0.5, 0.6) is 0 Å². The number of nitrogens with two attached hydrogens (primary N) is 1. The fourth-order valence-electron chi connectivity index (χ4n) is 1.85. The second-order valence-electron chi connectivity index (χ2n) is 4.42. The van der Waals surface area contributed by atoms with Crippen molar-refractivity contribution in [3.8, 4) is 0 Å². The summed E-state index contributed by atoms with van der Waals surface area (Å²) in [6.07, 6.45) is 0.344. The predicted octanol–water partition coefficient (Wildman–Crippen LogP) is 1.40. The summed E-state index contributed by atoms with van der Waals surface area (Å²) in [4.78, 5) is 22.7. The number of amides is 1. The second-order valence-corrected chi connectivity index (χ2v) is 5.28. The van der Waals surface area contributed by atoms with Gasteiger partial charge in [0, 0.05) is 19.0 Å². The molecule has 1 amide bonds. The van der Waals surface area contributed by atoms with Gasteiger partial charge < -0.3 is 20.6 Å². The molecule has 0 aliphatic heterocycles. The van der Waals surface area contributed by atoms with Crippen molar-refractivity contribution in [2.75, 3.05) is 12.3 Å². The van der Waals surface area contributed by atoms with E-state index in [2.05, 4.69) is 41.4 Å². The van der Waals surface area contributed by atoms with Gasteiger partial charge in [-0.3, -0.25) is 4.79 Å². The van der Waals surface area contributed by atoms with Crippen LogP contribution in [0.3, 0.4) is 0 Å². The first-order valence-electron chi connectivity index (χ1n) is 6.24. The molecule has 1 aromatic carbocycles. The number of carbonyl (C=O) groups is 1. The highest BCUT2D eigenvalue weighted by molar-refractivity contribution is 9.10. The molecular weight excluding hydrogens is 359 g/mol. The molecule has 3 rings (SSSR count). The summed E-state index contributed by atoms with van der Waals surface area (Å²) in [6, 6.07) is 2.77. The van der Waals surface area contributed by atoms with Crippen LogP contribution in [0.2, 0.25) is 0 Å². The molecule has 0 fully saturated rings. The zero-order chi connectivity index (χ0) is 15.7. The molecule has 0 unspecified atom stereocenters. The van der Waals surface area contributed by atoms with Gasteiger partial charge in [0.15, 0.2) is 5.82 Å². The van der Waals surface area contributed by atoms with Gasteiger partial charge in [-0.15, -0.1) is 0 Å². The van der Waals surface area contributed by atoms with Crippen LogP contribution in [-0.2, 0) is 6.42 Å². The average Bonchev–Trinajstić information content (AvgIpc) is 3.06. The molecule has 0 saturated heterocycles. The molecule has 10 heteroatoms. The lowest BCUT2D eigenvalue weighted by Crippen LogP contribution is -2.26. The van der Waals surface area contributed by atoms with Crippen LogP contribution in [0.1, 0.15) is 16.5 Å². The van der Waals surface area contributed by atoms with Crippen LogP contribution >= 0.6 is 15.9 Å². The van der Waals surface area contributed by atoms with Crippen LogP contribution < -0.4 is 11.1 Å². The van der Waals surface area contributed by atoms with E-state index >= 15 is 0 Å². The van der Waals surface area contributed by atoms with Gasteiger partial charge in [0.05, 0.1) is 15.5 Å². The fraction of sp³-hybridized carbons (Fsp3) is 0.167. The highest BCUT2D eigenvalue weighted by Crippen LogP contribution is 2.21. The Morgan fingerprint density at radius 2 is 2.27 bits per heavy atom. The molecule has 8 nitrogen and oxygen atoms in total. The van der Waals surface area contributed by atoms with Gasteiger partial charge in [-0.1, -0.05) is 0 Å². The van der Waals surface area contributed by atoms with Crippen molar-refractivity contribution in [1.29, 1.82) is 0 Å². The SMILES string of the molecule is Nc1noc(CCNC(=O)c2nc3cc(Br)c(F)cc3[nH]2)n1. The molecule has 0 bridgehead atoms. The van der Waals surface area contributed by atoms with Gasteiger partial charge >= 0.3 is 0 Å². The quantitative estimate of drug-likeness (QED) is 0.639. The molecule has 3 aromatic rings. The first-order valence-corrected chi connectivity index (χ1v) is 7.03. The zero-order valence-corrected chi connectivity index (χ0v) is 12.6. The van der Waals surface area contributed by atoms with Crippen molar-refractivity contribution >= 4 is 38.8 Å². The van der Waals surface area contributed by atoms with E-state index in [0.29, 0.717) is 23.3 Å². The number of imidazole rings is 1.